The largest absolute Gasteiger partial charge is 0.419 e. The molecule has 2 aromatic carbocycles. The lowest BCUT2D eigenvalue weighted by Gasteiger charge is -2.19. The Morgan fingerprint density at radius 3 is 2.26 bits per heavy atom. The molecule has 0 aliphatic rings. The van der Waals surface area contributed by atoms with Gasteiger partial charge in [-0.3, -0.25) is 0 Å². The summed E-state index contributed by atoms with van der Waals surface area (Å²) >= 11 is 3.35. The standard InChI is InChI=1S/C21H12BrF3N2/c22-15-9-4-8-14(12-15)17-16-10-5-11-26-20(16)27-19(18(17)21(23,24)25)13-6-2-1-3-7-13/h1-12H. The van der Waals surface area contributed by atoms with Crippen molar-refractivity contribution in [2.24, 2.45) is 0 Å². The van der Waals surface area contributed by atoms with E-state index >= 15 is 0 Å². The normalized spacial score (nSPS) is 11.7. The molecule has 0 bridgehead atoms. The van der Waals surface area contributed by atoms with Crippen molar-refractivity contribution < 1.29 is 13.2 Å². The molecule has 0 atom stereocenters. The van der Waals surface area contributed by atoms with Crippen molar-refractivity contribution in [3.63, 3.8) is 0 Å². The van der Waals surface area contributed by atoms with Crippen molar-refractivity contribution in [1.82, 2.24) is 9.97 Å². The second-order valence-electron chi connectivity index (χ2n) is 5.96. The molecule has 27 heavy (non-hydrogen) atoms. The number of rotatable bonds is 2. The molecule has 2 nitrogen and oxygen atoms in total. The summed E-state index contributed by atoms with van der Waals surface area (Å²) in [5, 5.41) is 0.364. The van der Waals surface area contributed by atoms with Crippen molar-refractivity contribution in [2.75, 3.05) is 0 Å². The first-order valence-corrected chi connectivity index (χ1v) is 8.92. The minimum atomic E-state index is -4.58. The van der Waals surface area contributed by atoms with E-state index in [1.54, 1.807) is 66.7 Å². The summed E-state index contributed by atoms with van der Waals surface area (Å²) in [6, 6.07) is 18.4. The third kappa shape index (κ3) is 3.32. The van der Waals surface area contributed by atoms with Gasteiger partial charge in [0.15, 0.2) is 5.65 Å². The number of pyridine rings is 2. The molecular weight excluding hydrogens is 417 g/mol. The van der Waals surface area contributed by atoms with Gasteiger partial charge in [-0.25, -0.2) is 9.97 Å². The number of aromatic nitrogens is 2. The van der Waals surface area contributed by atoms with Crippen LogP contribution in [0.2, 0.25) is 0 Å². The quantitative estimate of drug-likeness (QED) is 0.353. The first kappa shape index (κ1) is 17.7. The highest BCUT2D eigenvalue weighted by Gasteiger charge is 2.39. The summed E-state index contributed by atoms with van der Waals surface area (Å²) < 4.78 is 43.4. The van der Waals surface area contributed by atoms with Crippen molar-refractivity contribution in [1.29, 1.82) is 0 Å². The molecule has 0 aliphatic carbocycles. The van der Waals surface area contributed by atoms with E-state index in [9.17, 15) is 13.2 Å². The summed E-state index contributed by atoms with van der Waals surface area (Å²) in [4.78, 5) is 8.49. The number of benzene rings is 2. The van der Waals surface area contributed by atoms with Gasteiger partial charge in [0.25, 0.3) is 0 Å². The summed E-state index contributed by atoms with van der Waals surface area (Å²) in [5.74, 6) is 0. The molecule has 2 aromatic heterocycles. The Labute approximate surface area is 161 Å². The summed E-state index contributed by atoms with van der Waals surface area (Å²) in [5.41, 5.74) is 0.333. The Kier molecular flexibility index (Phi) is 4.44. The molecule has 0 unspecified atom stereocenters. The lowest BCUT2D eigenvalue weighted by molar-refractivity contribution is -0.136. The zero-order valence-corrected chi connectivity index (χ0v) is 15.4. The highest BCUT2D eigenvalue weighted by atomic mass is 79.9. The van der Waals surface area contributed by atoms with E-state index in [-0.39, 0.29) is 16.9 Å². The van der Waals surface area contributed by atoms with Gasteiger partial charge in [-0.1, -0.05) is 58.4 Å². The number of alkyl halides is 3. The molecule has 0 spiro atoms. The van der Waals surface area contributed by atoms with Gasteiger partial charge in [0.1, 0.15) is 0 Å². The highest BCUT2D eigenvalue weighted by Crippen LogP contribution is 2.45. The van der Waals surface area contributed by atoms with Crippen molar-refractivity contribution in [3.8, 4) is 22.4 Å². The van der Waals surface area contributed by atoms with Crippen LogP contribution in [0.15, 0.2) is 77.4 Å². The molecule has 134 valence electrons. The Morgan fingerprint density at radius 1 is 0.815 bits per heavy atom. The fraction of sp³-hybridized carbons (Fsp3) is 0.0476. The summed E-state index contributed by atoms with van der Waals surface area (Å²) in [7, 11) is 0. The van der Waals surface area contributed by atoms with Gasteiger partial charge in [0.2, 0.25) is 0 Å². The monoisotopic (exact) mass is 428 g/mol. The molecule has 6 heteroatoms. The van der Waals surface area contributed by atoms with E-state index in [1.807, 2.05) is 0 Å². The highest BCUT2D eigenvalue weighted by molar-refractivity contribution is 9.10. The van der Waals surface area contributed by atoms with Crippen molar-refractivity contribution in [2.45, 2.75) is 6.18 Å². The molecule has 0 amide bonds. The van der Waals surface area contributed by atoms with E-state index in [0.717, 1.165) is 0 Å². The van der Waals surface area contributed by atoms with Crippen molar-refractivity contribution >= 4 is 27.0 Å². The van der Waals surface area contributed by atoms with Crippen LogP contribution in [-0.4, -0.2) is 9.97 Å². The Hall–Kier alpha value is -2.73. The lowest BCUT2D eigenvalue weighted by atomic mass is 9.92. The van der Waals surface area contributed by atoms with Crippen LogP contribution in [0.5, 0.6) is 0 Å². The Balaban J connectivity index is 2.20. The molecule has 0 N–H and O–H groups in total. The molecule has 4 aromatic rings. The van der Waals surface area contributed by atoms with E-state index in [2.05, 4.69) is 25.9 Å². The summed E-state index contributed by atoms with van der Waals surface area (Å²) in [6.45, 7) is 0. The van der Waals surface area contributed by atoms with Gasteiger partial charge >= 0.3 is 6.18 Å². The second kappa shape index (κ2) is 6.78. The van der Waals surface area contributed by atoms with Crippen LogP contribution < -0.4 is 0 Å². The first-order chi connectivity index (χ1) is 12.9. The summed E-state index contributed by atoms with van der Waals surface area (Å²) in [6.07, 6.45) is -3.05. The minimum absolute atomic E-state index is 0.0840. The number of fused-ring (bicyclic) bond motifs is 1. The number of hydrogen-bond acceptors (Lipinski definition) is 2. The Morgan fingerprint density at radius 2 is 1.56 bits per heavy atom. The predicted octanol–water partition coefficient (Wildman–Crippen LogP) is 6.75. The maximum atomic E-state index is 14.2. The zero-order chi connectivity index (χ0) is 19.0. The van der Waals surface area contributed by atoms with Crippen LogP contribution in [0.4, 0.5) is 13.2 Å². The van der Waals surface area contributed by atoms with Gasteiger partial charge in [-0.2, -0.15) is 13.2 Å². The van der Waals surface area contributed by atoms with Crippen LogP contribution >= 0.6 is 15.9 Å². The lowest BCUT2D eigenvalue weighted by Crippen LogP contribution is -2.12. The van der Waals surface area contributed by atoms with E-state index in [1.165, 1.54) is 6.20 Å². The van der Waals surface area contributed by atoms with Gasteiger partial charge < -0.3 is 0 Å². The Bertz CT molecular complexity index is 1130. The molecule has 2 heterocycles. The molecule has 0 radical (unpaired) electrons. The first-order valence-electron chi connectivity index (χ1n) is 8.12. The number of halogens is 4. The number of hydrogen-bond donors (Lipinski definition) is 0. The average Bonchev–Trinajstić information content (AvgIpc) is 2.66. The fourth-order valence-corrected chi connectivity index (χ4v) is 3.52. The van der Waals surface area contributed by atoms with Gasteiger partial charge in [0, 0.05) is 27.2 Å². The fourth-order valence-electron chi connectivity index (χ4n) is 3.12. The van der Waals surface area contributed by atoms with Crippen molar-refractivity contribution in [3.05, 3.63) is 83.0 Å². The SMILES string of the molecule is FC(F)(F)c1c(-c2ccccc2)nc2ncccc2c1-c1cccc(Br)c1. The average molecular weight is 429 g/mol. The van der Waals surface area contributed by atoms with Crippen LogP contribution in [0, 0.1) is 0 Å². The molecule has 0 saturated carbocycles. The molecule has 0 aliphatic heterocycles. The second-order valence-corrected chi connectivity index (χ2v) is 6.87. The molecule has 0 fully saturated rings. The maximum absolute atomic E-state index is 14.2. The molecule has 0 saturated heterocycles. The smallest absolute Gasteiger partial charge is 0.237 e. The van der Waals surface area contributed by atoms with Crippen LogP contribution in [-0.2, 0) is 6.18 Å². The minimum Gasteiger partial charge on any atom is -0.237 e. The maximum Gasteiger partial charge on any atom is 0.419 e. The van der Waals surface area contributed by atoms with Crippen LogP contribution in [0.25, 0.3) is 33.4 Å². The van der Waals surface area contributed by atoms with E-state index in [4.69, 9.17) is 0 Å². The van der Waals surface area contributed by atoms with E-state index in [0.29, 0.717) is 21.0 Å². The van der Waals surface area contributed by atoms with E-state index < -0.39 is 11.7 Å². The van der Waals surface area contributed by atoms with Gasteiger partial charge in [-0.15, -0.1) is 0 Å². The third-order valence-electron chi connectivity index (χ3n) is 4.20. The molecule has 4 rings (SSSR count). The zero-order valence-electron chi connectivity index (χ0n) is 13.8. The predicted molar refractivity (Wildman–Crippen MR) is 103 cm³/mol. The van der Waals surface area contributed by atoms with Crippen LogP contribution in [0.1, 0.15) is 5.56 Å². The van der Waals surface area contributed by atoms with Crippen LogP contribution in [0.3, 0.4) is 0 Å². The molecular formula is C21H12BrF3N2. The number of nitrogens with zero attached hydrogens (tertiary/aromatic N) is 2. The van der Waals surface area contributed by atoms with Gasteiger partial charge in [-0.05, 0) is 29.8 Å². The topological polar surface area (TPSA) is 25.8 Å². The third-order valence-corrected chi connectivity index (χ3v) is 4.70. The van der Waals surface area contributed by atoms with Gasteiger partial charge in [0.05, 0.1) is 11.3 Å².